The summed E-state index contributed by atoms with van der Waals surface area (Å²) < 4.78 is 0.982. The minimum Gasteiger partial charge on any atom is -0.340 e. The van der Waals surface area contributed by atoms with Crippen molar-refractivity contribution in [3.63, 3.8) is 0 Å². The van der Waals surface area contributed by atoms with E-state index in [-0.39, 0.29) is 0 Å². The molecule has 1 aromatic heterocycles. The number of pyridine rings is 1. The summed E-state index contributed by atoms with van der Waals surface area (Å²) >= 11 is 5.09. The molecule has 0 aliphatic carbocycles. The summed E-state index contributed by atoms with van der Waals surface area (Å²) in [5, 5.41) is 3.26. The highest BCUT2D eigenvalue weighted by Crippen LogP contribution is 2.21. The van der Waals surface area contributed by atoms with Crippen LogP contribution in [-0.4, -0.2) is 11.2 Å². The van der Waals surface area contributed by atoms with Crippen LogP contribution in [0.5, 0.6) is 0 Å². The normalized spacial score (nSPS) is 10.1. The van der Waals surface area contributed by atoms with Gasteiger partial charge >= 0.3 is 0 Å². The summed E-state index contributed by atoms with van der Waals surface area (Å²) in [4.78, 5) is 5.50. The molecule has 1 aromatic carbocycles. The number of benzene rings is 1. The van der Waals surface area contributed by atoms with Crippen LogP contribution in [0.4, 0.5) is 11.5 Å². The fourth-order valence-electron chi connectivity index (χ4n) is 1.30. The van der Waals surface area contributed by atoms with E-state index in [0.717, 1.165) is 16.0 Å². The number of halogens is 1. The number of rotatable bonds is 3. The predicted molar refractivity (Wildman–Crippen MR) is 73.4 cm³/mol. The molecule has 0 bridgehead atoms. The Morgan fingerprint density at radius 2 is 2.12 bits per heavy atom. The van der Waals surface area contributed by atoms with E-state index in [4.69, 9.17) is 0 Å². The van der Waals surface area contributed by atoms with Crippen LogP contribution in [0.3, 0.4) is 0 Å². The summed E-state index contributed by atoms with van der Waals surface area (Å²) in [6.45, 7) is 0. The molecule has 82 valence electrons. The SMILES string of the molecule is CSc1cccc(Nc2ccc(Br)cn2)c1. The Hall–Kier alpha value is -1.00. The monoisotopic (exact) mass is 294 g/mol. The summed E-state index contributed by atoms with van der Waals surface area (Å²) in [6, 6.07) is 12.2. The molecule has 0 unspecified atom stereocenters. The van der Waals surface area contributed by atoms with Gasteiger partial charge in [-0.25, -0.2) is 4.98 Å². The van der Waals surface area contributed by atoms with Crippen LogP contribution in [0.25, 0.3) is 0 Å². The van der Waals surface area contributed by atoms with Crippen molar-refractivity contribution in [1.29, 1.82) is 0 Å². The van der Waals surface area contributed by atoms with Crippen LogP contribution in [-0.2, 0) is 0 Å². The van der Waals surface area contributed by atoms with Crippen molar-refractivity contribution in [3.8, 4) is 0 Å². The van der Waals surface area contributed by atoms with Gasteiger partial charge in [-0.2, -0.15) is 0 Å². The maximum Gasteiger partial charge on any atom is 0.130 e. The Morgan fingerprint density at radius 3 is 2.81 bits per heavy atom. The number of thioether (sulfide) groups is 1. The van der Waals surface area contributed by atoms with Gasteiger partial charge in [0.25, 0.3) is 0 Å². The van der Waals surface area contributed by atoms with Gasteiger partial charge < -0.3 is 5.32 Å². The van der Waals surface area contributed by atoms with Crippen molar-refractivity contribution in [1.82, 2.24) is 4.98 Å². The van der Waals surface area contributed by atoms with Gasteiger partial charge in [-0.05, 0) is 52.5 Å². The predicted octanol–water partition coefficient (Wildman–Crippen LogP) is 4.31. The van der Waals surface area contributed by atoms with Crippen LogP contribution in [0.2, 0.25) is 0 Å². The second kappa shape index (κ2) is 5.37. The summed E-state index contributed by atoms with van der Waals surface area (Å²) in [6.07, 6.45) is 3.84. The summed E-state index contributed by atoms with van der Waals surface area (Å²) in [5.74, 6) is 0.849. The van der Waals surface area contributed by atoms with E-state index in [9.17, 15) is 0 Å². The average molecular weight is 295 g/mol. The molecule has 0 fully saturated rings. The first-order valence-electron chi connectivity index (χ1n) is 4.80. The zero-order valence-electron chi connectivity index (χ0n) is 8.77. The molecule has 0 saturated heterocycles. The molecule has 0 spiro atoms. The third-order valence-electron chi connectivity index (χ3n) is 2.07. The molecule has 1 heterocycles. The van der Waals surface area contributed by atoms with Crippen molar-refractivity contribution in [2.75, 3.05) is 11.6 Å². The quantitative estimate of drug-likeness (QED) is 0.854. The van der Waals surface area contributed by atoms with E-state index >= 15 is 0 Å². The Morgan fingerprint density at radius 1 is 1.25 bits per heavy atom. The molecule has 0 aliphatic rings. The molecule has 16 heavy (non-hydrogen) atoms. The number of aromatic nitrogens is 1. The highest BCUT2D eigenvalue weighted by atomic mass is 79.9. The molecule has 2 aromatic rings. The Labute approximate surface area is 108 Å². The van der Waals surface area contributed by atoms with Gasteiger partial charge in [0.05, 0.1) is 0 Å². The van der Waals surface area contributed by atoms with Crippen molar-refractivity contribution >= 4 is 39.2 Å². The minimum absolute atomic E-state index is 0.849. The zero-order chi connectivity index (χ0) is 11.4. The molecule has 0 radical (unpaired) electrons. The van der Waals surface area contributed by atoms with E-state index in [0.29, 0.717) is 0 Å². The highest BCUT2D eigenvalue weighted by molar-refractivity contribution is 9.10. The van der Waals surface area contributed by atoms with E-state index in [2.05, 4.69) is 44.6 Å². The van der Waals surface area contributed by atoms with Crippen molar-refractivity contribution < 1.29 is 0 Å². The number of hydrogen-bond donors (Lipinski definition) is 1. The van der Waals surface area contributed by atoms with E-state index in [1.807, 2.05) is 24.3 Å². The third kappa shape index (κ3) is 3.00. The molecule has 0 atom stereocenters. The Balaban J connectivity index is 2.16. The maximum atomic E-state index is 4.26. The molecule has 0 amide bonds. The van der Waals surface area contributed by atoms with Crippen LogP contribution in [0, 0.1) is 0 Å². The molecule has 1 N–H and O–H groups in total. The fraction of sp³-hybridized carbons (Fsp3) is 0.0833. The standard InChI is InChI=1S/C12H11BrN2S/c1-16-11-4-2-3-10(7-11)15-12-6-5-9(13)8-14-12/h2-8H,1H3,(H,14,15). The van der Waals surface area contributed by atoms with Crippen molar-refractivity contribution in [2.24, 2.45) is 0 Å². The average Bonchev–Trinajstić information content (AvgIpc) is 2.32. The summed E-state index contributed by atoms with van der Waals surface area (Å²) in [5.41, 5.74) is 1.06. The minimum atomic E-state index is 0.849. The molecular formula is C12H11BrN2S. The van der Waals surface area contributed by atoms with Gasteiger partial charge in [0, 0.05) is 21.3 Å². The molecule has 2 rings (SSSR count). The van der Waals surface area contributed by atoms with Crippen molar-refractivity contribution in [2.45, 2.75) is 4.90 Å². The second-order valence-corrected chi connectivity index (χ2v) is 5.01. The number of hydrogen-bond acceptors (Lipinski definition) is 3. The lowest BCUT2D eigenvalue weighted by Crippen LogP contribution is -1.92. The Kier molecular flexibility index (Phi) is 3.85. The Bertz CT molecular complexity index is 471. The van der Waals surface area contributed by atoms with Gasteiger partial charge in [-0.15, -0.1) is 11.8 Å². The van der Waals surface area contributed by atoms with Gasteiger partial charge in [-0.1, -0.05) is 6.07 Å². The molecule has 0 aliphatic heterocycles. The number of nitrogens with one attached hydrogen (secondary N) is 1. The van der Waals surface area contributed by atoms with Gasteiger partial charge in [0.15, 0.2) is 0 Å². The zero-order valence-corrected chi connectivity index (χ0v) is 11.2. The van der Waals surface area contributed by atoms with Crippen LogP contribution in [0.15, 0.2) is 52.0 Å². The first-order chi connectivity index (χ1) is 7.78. The van der Waals surface area contributed by atoms with Crippen molar-refractivity contribution in [3.05, 3.63) is 47.1 Å². The van der Waals surface area contributed by atoms with E-state index < -0.39 is 0 Å². The summed E-state index contributed by atoms with van der Waals surface area (Å²) in [7, 11) is 0. The van der Waals surface area contributed by atoms with Gasteiger partial charge in [0.1, 0.15) is 5.82 Å². The van der Waals surface area contributed by atoms with Crippen LogP contribution in [0.1, 0.15) is 0 Å². The lowest BCUT2D eigenvalue weighted by molar-refractivity contribution is 1.29. The largest absolute Gasteiger partial charge is 0.340 e. The van der Waals surface area contributed by atoms with Crippen LogP contribution < -0.4 is 5.32 Å². The number of nitrogens with zero attached hydrogens (tertiary/aromatic N) is 1. The highest BCUT2D eigenvalue weighted by Gasteiger charge is 1.97. The fourth-order valence-corrected chi connectivity index (χ4v) is 1.99. The van der Waals surface area contributed by atoms with E-state index in [1.165, 1.54) is 4.90 Å². The maximum absolute atomic E-state index is 4.26. The molecule has 4 heteroatoms. The van der Waals surface area contributed by atoms with E-state index in [1.54, 1.807) is 18.0 Å². The second-order valence-electron chi connectivity index (χ2n) is 3.22. The van der Waals surface area contributed by atoms with Crippen LogP contribution >= 0.6 is 27.7 Å². The first kappa shape index (κ1) is 11.5. The smallest absolute Gasteiger partial charge is 0.130 e. The molecule has 2 nitrogen and oxygen atoms in total. The molecule has 0 saturated carbocycles. The van der Waals surface area contributed by atoms with Gasteiger partial charge in [-0.3, -0.25) is 0 Å². The number of anilines is 2. The first-order valence-corrected chi connectivity index (χ1v) is 6.82. The molecular weight excluding hydrogens is 284 g/mol. The lowest BCUT2D eigenvalue weighted by Gasteiger charge is -2.06. The van der Waals surface area contributed by atoms with Gasteiger partial charge in [0.2, 0.25) is 0 Å². The third-order valence-corrected chi connectivity index (χ3v) is 3.26. The topological polar surface area (TPSA) is 24.9 Å². The lowest BCUT2D eigenvalue weighted by atomic mass is 10.3.